The number of carbonyl (C=O) groups is 1. The summed E-state index contributed by atoms with van der Waals surface area (Å²) in [6.45, 7) is 0.351. The van der Waals surface area contributed by atoms with Gasteiger partial charge in [-0.3, -0.25) is 0 Å². The average molecular weight is 262 g/mol. The molecule has 0 aliphatic rings. The van der Waals surface area contributed by atoms with Gasteiger partial charge in [-0.25, -0.2) is 4.79 Å². The molecule has 0 saturated carbocycles. The van der Waals surface area contributed by atoms with Crippen LogP contribution in [0, 0.1) is 0 Å². The lowest BCUT2D eigenvalue weighted by Crippen LogP contribution is -2.09. The smallest absolute Gasteiger partial charge is 0.338 e. The highest BCUT2D eigenvalue weighted by Crippen LogP contribution is 2.15. The van der Waals surface area contributed by atoms with E-state index < -0.39 is 5.97 Å². The fraction of sp³-hybridized carbons (Fsp3) is 0.154. The molecule has 0 fully saturated rings. The Hall–Kier alpha value is -2.01. The SMILES string of the molecule is Nc1cc(N)cc(C(=O)OCCc2ccsc2)c1. The zero-order chi connectivity index (χ0) is 13.0. The standard InChI is InChI=1S/C13H14N2O2S/c14-11-5-10(6-12(15)7-11)13(16)17-3-1-9-2-4-18-8-9/h2,4-8H,1,3,14-15H2. The summed E-state index contributed by atoms with van der Waals surface area (Å²) in [6.07, 6.45) is 0.715. The third kappa shape index (κ3) is 3.24. The predicted octanol–water partition coefficient (Wildman–Crippen LogP) is 2.31. The number of carbonyl (C=O) groups excluding carboxylic acids is 1. The van der Waals surface area contributed by atoms with E-state index in [9.17, 15) is 4.79 Å². The molecule has 0 aliphatic carbocycles. The van der Waals surface area contributed by atoms with Gasteiger partial charge in [0.05, 0.1) is 12.2 Å². The van der Waals surface area contributed by atoms with Gasteiger partial charge in [0.1, 0.15) is 0 Å². The molecule has 18 heavy (non-hydrogen) atoms. The first-order chi connectivity index (χ1) is 8.65. The van der Waals surface area contributed by atoms with Gasteiger partial charge < -0.3 is 16.2 Å². The minimum atomic E-state index is -0.399. The number of nitrogens with two attached hydrogens (primary N) is 2. The highest BCUT2D eigenvalue weighted by atomic mass is 32.1. The van der Waals surface area contributed by atoms with Crippen molar-refractivity contribution < 1.29 is 9.53 Å². The first-order valence-electron chi connectivity index (χ1n) is 5.49. The van der Waals surface area contributed by atoms with Crippen molar-refractivity contribution in [1.82, 2.24) is 0 Å². The van der Waals surface area contributed by atoms with E-state index in [0.29, 0.717) is 30.0 Å². The molecule has 0 radical (unpaired) electrons. The normalized spacial score (nSPS) is 10.2. The lowest BCUT2D eigenvalue weighted by Gasteiger charge is -2.06. The number of hydrogen-bond donors (Lipinski definition) is 2. The first kappa shape index (κ1) is 12.4. The molecule has 1 aromatic carbocycles. The summed E-state index contributed by atoms with van der Waals surface area (Å²) in [7, 11) is 0. The fourth-order valence-corrected chi connectivity index (χ4v) is 2.28. The van der Waals surface area contributed by atoms with Crippen LogP contribution in [-0.2, 0) is 11.2 Å². The number of nitrogen functional groups attached to an aromatic ring is 2. The van der Waals surface area contributed by atoms with E-state index in [1.807, 2.05) is 16.8 Å². The molecule has 5 heteroatoms. The van der Waals surface area contributed by atoms with Crippen molar-refractivity contribution in [2.24, 2.45) is 0 Å². The maximum Gasteiger partial charge on any atom is 0.338 e. The molecule has 94 valence electrons. The van der Waals surface area contributed by atoms with E-state index in [0.717, 1.165) is 0 Å². The Morgan fingerprint density at radius 2 is 1.94 bits per heavy atom. The van der Waals surface area contributed by atoms with Gasteiger partial charge in [0.2, 0.25) is 0 Å². The lowest BCUT2D eigenvalue weighted by molar-refractivity contribution is 0.0509. The van der Waals surface area contributed by atoms with E-state index in [2.05, 4.69) is 0 Å². The largest absolute Gasteiger partial charge is 0.462 e. The topological polar surface area (TPSA) is 78.3 Å². The van der Waals surface area contributed by atoms with Gasteiger partial charge in [-0.05, 0) is 40.6 Å². The molecule has 4 nitrogen and oxygen atoms in total. The number of esters is 1. The summed E-state index contributed by atoms with van der Waals surface area (Å²) < 4.78 is 5.17. The molecule has 0 bridgehead atoms. The maximum atomic E-state index is 11.7. The highest BCUT2D eigenvalue weighted by molar-refractivity contribution is 7.07. The van der Waals surface area contributed by atoms with Crippen molar-refractivity contribution in [1.29, 1.82) is 0 Å². The minimum Gasteiger partial charge on any atom is -0.462 e. The van der Waals surface area contributed by atoms with Crippen LogP contribution in [0.3, 0.4) is 0 Å². The highest BCUT2D eigenvalue weighted by Gasteiger charge is 2.08. The number of benzene rings is 1. The van der Waals surface area contributed by atoms with E-state index >= 15 is 0 Å². The number of rotatable bonds is 4. The van der Waals surface area contributed by atoms with Gasteiger partial charge >= 0.3 is 5.97 Å². The van der Waals surface area contributed by atoms with Gasteiger partial charge in [-0.2, -0.15) is 11.3 Å². The van der Waals surface area contributed by atoms with E-state index in [1.54, 1.807) is 29.5 Å². The van der Waals surface area contributed by atoms with E-state index in [4.69, 9.17) is 16.2 Å². The summed E-state index contributed by atoms with van der Waals surface area (Å²) >= 11 is 1.63. The summed E-state index contributed by atoms with van der Waals surface area (Å²) in [5.74, 6) is -0.399. The third-order valence-electron chi connectivity index (χ3n) is 2.42. The van der Waals surface area contributed by atoms with Gasteiger partial charge in [-0.15, -0.1) is 0 Å². The summed E-state index contributed by atoms with van der Waals surface area (Å²) in [6, 6.07) is 6.73. The van der Waals surface area contributed by atoms with Crippen LogP contribution in [0.25, 0.3) is 0 Å². The Bertz CT molecular complexity index is 518. The van der Waals surface area contributed by atoms with Crippen molar-refractivity contribution in [3.05, 3.63) is 46.2 Å². The lowest BCUT2D eigenvalue weighted by atomic mass is 10.2. The van der Waals surface area contributed by atoms with Crippen molar-refractivity contribution in [2.45, 2.75) is 6.42 Å². The number of ether oxygens (including phenoxy) is 1. The number of anilines is 2. The van der Waals surface area contributed by atoms with E-state index in [-0.39, 0.29) is 0 Å². The second-order valence-corrected chi connectivity index (χ2v) is 4.69. The summed E-state index contributed by atoms with van der Waals surface area (Å²) in [5.41, 5.74) is 13.7. The van der Waals surface area contributed by atoms with Crippen LogP contribution in [0.4, 0.5) is 11.4 Å². The van der Waals surface area contributed by atoms with Crippen LogP contribution in [0.5, 0.6) is 0 Å². The minimum absolute atomic E-state index is 0.351. The Balaban J connectivity index is 1.91. The van der Waals surface area contributed by atoms with Crippen molar-refractivity contribution in [2.75, 3.05) is 18.1 Å². The Morgan fingerprint density at radius 1 is 1.22 bits per heavy atom. The first-order valence-corrected chi connectivity index (χ1v) is 6.43. The van der Waals surface area contributed by atoms with Crippen LogP contribution in [0.15, 0.2) is 35.0 Å². The van der Waals surface area contributed by atoms with E-state index in [1.165, 1.54) is 5.56 Å². The van der Waals surface area contributed by atoms with Gasteiger partial charge in [0, 0.05) is 17.8 Å². The zero-order valence-electron chi connectivity index (χ0n) is 9.76. The molecule has 0 unspecified atom stereocenters. The maximum absolute atomic E-state index is 11.7. The fourth-order valence-electron chi connectivity index (χ4n) is 1.57. The Morgan fingerprint density at radius 3 is 2.56 bits per heavy atom. The molecule has 4 N–H and O–H groups in total. The van der Waals surface area contributed by atoms with Crippen LogP contribution < -0.4 is 11.5 Å². The molecule has 2 rings (SSSR count). The van der Waals surface area contributed by atoms with Gasteiger partial charge in [0.15, 0.2) is 0 Å². The van der Waals surface area contributed by atoms with Crippen LogP contribution in [-0.4, -0.2) is 12.6 Å². The molecule has 1 heterocycles. The predicted molar refractivity (Wildman–Crippen MR) is 73.6 cm³/mol. The molecular formula is C13H14N2O2S. The summed E-state index contributed by atoms with van der Waals surface area (Å²) in [5, 5.41) is 4.03. The summed E-state index contributed by atoms with van der Waals surface area (Å²) in [4.78, 5) is 11.7. The molecule has 0 spiro atoms. The second kappa shape index (κ2) is 5.55. The van der Waals surface area contributed by atoms with Crippen LogP contribution in [0.2, 0.25) is 0 Å². The monoisotopic (exact) mass is 262 g/mol. The van der Waals surface area contributed by atoms with Gasteiger partial charge in [0.25, 0.3) is 0 Å². The van der Waals surface area contributed by atoms with Crippen molar-refractivity contribution >= 4 is 28.7 Å². The third-order valence-corrected chi connectivity index (χ3v) is 3.15. The average Bonchev–Trinajstić information content (AvgIpc) is 2.80. The molecular weight excluding hydrogens is 248 g/mol. The Kier molecular flexibility index (Phi) is 3.84. The zero-order valence-corrected chi connectivity index (χ0v) is 10.6. The Labute approximate surface area is 109 Å². The van der Waals surface area contributed by atoms with Crippen LogP contribution >= 0.6 is 11.3 Å². The molecule has 0 aliphatic heterocycles. The number of hydrogen-bond acceptors (Lipinski definition) is 5. The van der Waals surface area contributed by atoms with Crippen molar-refractivity contribution in [3.8, 4) is 0 Å². The number of thiophene rings is 1. The second-order valence-electron chi connectivity index (χ2n) is 3.91. The molecule has 2 aromatic rings. The van der Waals surface area contributed by atoms with Crippen LogP contribution in [0.1, 0.15) is 15.9 Å². The quantitative estimate of drug-likeness (QED) is 0.654. The molecule has 0 saturated heterocycles. The van der Waals surface area contributed by atoms with Gasteiger partial charge in [-0.1, -0.05) is 0 Å². The molecule has 1 aromatic heterocycles. The molecule has 0 amide bonds. The van der Waals surface area contributed by atoms with Crippen molar-refractivity contribution in [3.63, 3.8) is 0 Å². The molecule has 0 atom stereocenters.